The average molecular weight is 265 g/mol. The van der Waals surface area contributed by atoms with Gasteiger partial charge in [-0.1, -0.05) is 6.07 Å². The second-order valence-electron chi connectivity index (χ2n) is 3.82. The van der Waals surface area contributed by atoms with Crippen LogP contribution in [0.15, 0.2) is 23.8 Å². The fourth-order valence-electron chi connectivity index (χ4n) is 1.53. The third-order valence-corrected chi connectivity index (χ3v) is 3.44. The van der Waals surface area contributed by atoms with Gasteiger partial charge in [-0.3, -0.25) is 9.89 Å². The maximum absolute atomic E-state index is 11.7. The molecule has 2 heterocycles. The van der Waals surface area contributed by atoms with Crippen LogP contribution in [0.5, 0.6) is 0 Å². The van der Waals surface area contributed by atoms with E-state index >= 15 is 0 Å². The van der Waals surface area contributed by atoms with Crippen molar-refractivity contribution in [2.24, 2.45) is 5.73 Å². The van der Waals surface area contributed by atoms with E-state index in [1.807, 2.05) is 17.5 Å². The molecule has 2 aromatic rings. The molecule has 1 unspecified atom stereocenters. The van der Waals surface area contributed by atoms with Gasteiger partial charge in [0.15, 0.2) is 0 Å². The fraction of sp³-hybridized carbons (Fsp3) is 0.364. The van der Waals surface area contributed by atoms with Crippen LogP contribution in [0.25, 0.3) is 0 Å². The van der Waals surface area contributed by atoms with E-state index < -0.39 is 6.04 Å². The van der Waals surface area contributed by atoms with Gasteiger partial charge in [-0.05, 0) is 17.9 Å². The van der Waals surface area contributed by atoms with Crippen LogP contribution in [-0.2, 0) is 11.2 Å². The summed E-state index contributed by atoms with van der Waals surface area (Å²) in [6.07, 6.45) is 3.03. The van der Waals surface area contributed by atoms with Gasteiger partial charge in [0.25, 0.3) is 0 Å². The van der Waals surface area contributed by atoms with Crippen molar-refractivity contribution in [3.8, 4) is 0 Å². The highest BCUT2D eigenvalue weighted by Gasteiger charge is 2.15. The number of carbonyl (C=O) groups is 1. The summed E-state index contributed by atoms with van der Waals surface area (Å²) in [5.41, 5.74) is 5.83. The largest absolute Gasteiger partial charge is 0.354 e. The highest BCUT2D eigenvalue weighted by atomic mass is 32.1. The lowest BCUT2D eigenvalue weighted by atomic mass is 10.2. The molecule has 2 rings (SSSR count). The lowest BCUT2D eigenvalue weighted by molar-refractivity contribution is -0.122. The summed E-state index contributed by atoms with van der Waals surface area (Å²) in [6.45, 7) is 0.582. The maximum Gasteiger partial charge on any atom is 0.242 e. The van der Waals surface area contributed by atoms with E-state index in [1.54, 1.807) is 0 Å². The van der Waals surface area contributed by atoms with Crippen LogP contribution < -0.4 is 11.1 Å². The molecule has 0 saturated carbocycles. The predicted molar refractivity (Wildman–Crippen MR) is 69.0 cm³/mol. The number of aryl methyl sites for hydroxylation is 1. The van der Waals surface area contributed by atoms with Gasteiger partial charge in [0.2, 0.25) is 5.91 Å². The second kappa shape index (κ2) is 6.27. The Labute approximate surface area is 109 Å². The predicted octanol–water partition coefficient (Wildman–Crippen LogP) is 0.615. The number of carbonyl (C=O) groups excluding carboxylic acids is 1. The van der Waals surface area contributed by atoms with E-state index in [0.717, 1.165) is 23.5 Å². The van der Waals surface area contributed by atoms with Gasteiger partial charge < -0.3 is 11.1 Å². The third kappa shape index (κ3) is 3.38. The van der Waals surface area contributed by atoms with E-state index in [-0.39, 0.29) is 5.91 Å². The van der Waals surface area contributed by atoms with E-state index in [9.17, 15) is 4.79 Å². The zero-order valence-corrected chi connectivity index (χ0v) is 10.6. The van der Waals surface area contributed by atoms with Crippen LogP contribution in [-0.4, -0.2) is 27.6 Å². The zero-order chi connectivity index (χ0) is 12.8. The lowest BCUT2D eigenvalue weighted by Crippen LogP contribution is -2.34. The minimum atomic E-state index is -0.574. The van der Waals surface area contributed by atoms with Crippen molar-refractivity contribution >= 4 is 17.2 Å². The number of aromatic nitrogens is 3. The number of nitrogens with two attached hydrogens (primary N) is 1. The Bertz CT molecular complexity index is 468. The number of hydrogen-bond acceptors (Lipinski definition) is 5. The molecule has 1 atom stereocenters. The lowest BCUT2D eigenvalue weighted by Gasteiger charge is -2.10. The summed E-state index contributed by atoms with van der Waals surface area (Å²) < 4.78 is 0. The van der Waals surface area contributed by atoms with Gasteiger partial charge in [0, 0.05) is 17.8 Å². The van der Waals surface area contributed by atoms with Crippen LogP contribution in [0.3, 0.4) is 0 Å². The first-order valence-electron chi connectivity index (χ1n) is 5.68. The summed E-state index contributed by atoms with van der Waals surface area (Å²) in [7, 11) is 0. The molecule has 18 heavy (non-hydrogen) atoms. The third-order valence-electron chi connectivity index (χ3n) is 2.49. The summed E-state index contributed by atoms with van der Waals surface area (Å²) in [5, 5.41) is 11.3. The Morgan fingerprint density at radius 3 is 3.17 bits per heavy atom. The minimum absolute atomic E-state index is 0.144. The Balaban J connectivity index is 1.69. The molecule has 0 aliphatic heterocycles. The number of rotatable bonds is 6. The molecule has 0 radical (unpaired) electrons. The van der Waals surface area contributed by atoms with E-state index in [0.29, 0.717) is 6.54 Å². The average Bonchev–Trinajstić information content (AvgIpc) is 3.05. The fourth-order valence-corrected chi connectivity index (χ4v) is 2.25. The number of nitrogens with zero attached hydrogens (tertiary/aromatic N) is 2. The molecule has 96 valence electrons. The number of hydrogen-bond donors (Lipinski definition) is 3. The number of H-pyrrole nitrogens is 1. The highest BCUT2D eigenvalue weighted by Crippen LogP contribution is 2.16. The SMILES string of the molecule is NC(C(=O)NCCCc1ncn[nH]1)c1cccs1. The van der Waals surface area contributed by atoms with E-state index in [4.69, 9.17) is 5.73 Å². The molecule has 0 spiro atoms. The molecule has 1 amide bonds. The molecule has 0 aromatic carbocycles. The van der Waals surface area contributed by atoms with Gasteiger partial charge in [-0.25, -0.2) is 4.98 Å². The van der Waals surface area contributed by atoms with Crippen LogP contribution in [0, 0.1) is 0 Å². The van der Waals surface area contributed by atoms with Crippen molar-refractivity contribution in [1.29, 1.82) is 0 Å². The first kappa shape index (κ1) is 12.7. The molecule has 0 saturated heterocycles. The first-order chi connectivity index (χ1) is 8.77. The monoisotopic (exact) mass is 265 g/mol. The number of aromatic amines is 1. The Hall–Kier alpha value is -1.73. The van der Waals surface area contributed by atoms with E-state index in [2.05, 4.69) is 20.5 Å². The smallest absolute Gasteiger partial charge is 0.242 e. The Kier molecular flexibility index (Phi) is 4.43. The van der Waals surface area contributed by atoms with Crippen molar-refractivity contribution in [2.45, 2.75) is 18.9 Å². The standard InChI is InChI=1S/C11H15N5OS/c12-10(8-3-2-6-18-8)11(17)13-5-1-4-9-14-7-15-16-9/h2-3,6-7,10H,1,4-5,12H2,(H,13,17)(H,14,15,16). The second-order valence-corrected chi connectivity index (χ2v) is 4.80. The number of nitrogens with one attached hydrogen (secondary N) is 2. The number of thiophene rings is 1. The Morgan fingerprint density at radius 1 is 1.61 bits per heavy atom. The molecule has 6 nitrogen and oxygen atoms in total. The van der Waals surface area contributed by atoms with Crippen molar-refractivity contribution in [3.63, 3.8) is 0 Å². The zero-order valence-electron chi connectivity index (χ0n) is 9.80. The van der Waals surface area contributed by atoms with Crippen LogP contribution in [0.1, 0.15) is 23.2 Å². The summed E-state index contributed by atoms with van der Waals surface area (Å²) in [4.78, 5) is 16.6. The molecule has 0 aliphatic carbocycles. The van der Waals surface area contributed by atoms with Gasteiger partial charge in [0.05, 0.1) is 0 Å². The van der Waals surface area contributed by atoms with Gasteiger partial charge in [0.1, 0.15) is 18.2 Å². The molecular formula is C11H15N5OS. The van der Waals surface area contributed by atoms with Gasteiger partial charge >= 0.3 is 0 Å². The molecule has 7 heteroatoms. The summed E-state index contributed by atoms with van der Waals surface area (Å²) in [5.74, 6) is 0.682. The van der Waals surface area contributed by atoms with Crippen molar-refractivity contribution in [1.82, 2.24) is 20.5 Å². The minimum Gasteiger partial charge on any atom is -0.354 e. The normalized spacial score (nSPS) is 12.3. The van der Waals surface area contributed by atoms with Crippen molar-refractivity contribution in [3.05, 3.63) is 34.5 Å². The maximum atomic E-state index is 11.7. The van der Waals surface area contributed by atoms with Gasteiger partial charge in [-0.2, -0.15) is 5.10 Å². The number of amides is 1. The van der Waals surface area contributed by atoms with Crippen molar-refractivity contribution in [2.75, 3.05) is 6.54 Å². The molecule has 0 aliphatic rings. The summed E-state index contributed by atoms with van der Waals surface area (Å²) in [6, 6.07) is 3.18. The molecule has 4 N–H and O–H groups in total. The topological polar surface area (TPSA) is 96.7 Å². The highest BCUT2D eigenvalue weighted by molar-refractivity contribution is 7.10. The van der Waals surface area contributed by atoms with Crippen LogP contribution >= 0.6 is 11.3 Å². The quantitative estimate of drug-likeness (QED) is 0.667. The molecule has 2 aromatic heterocycles. The van der Waals surface area contributed by atoms with E-state index in [1.165, 1.54) is 17.7 Å². The van der Waals surface area contributed by atoms with Gasteiger partial charge in [-0.15, -0.1) is 11.3 Å². The van der Waals surface area contributed by atoms with Crippen LogP contribution in [0.4, 0.5) is 0 Å². The van der Waals surface area contributed by atoms with Crippen molar-refractivity contribution < 1.29 is 4.79 Å². The molecule has 0 fully saturated rings. The molecule has 0 bridgehead atoms. The van der Waals surface area contributed by atoms with Crippen LogP contribution in [0.2, 0.25) is 0 Å². The summed E-state index contributed by atoms with van der Waals surface area (Å²) >= 11 is 1.49. The first-order valence-corrected chi connectivity index (χ1v) is 6.56. The Morgan fingerprint density at radius 2 is 2.50 bits per heavy atom. The molecular weight excluding hydrogens is 250 g/mol.